The van der Waals surface area contributed by atoms with E-state index in [2.05, 4.69) is 16.2 Å². The van der Waals surface area contributed by atoms with Crippen molar-refractivity contribution >= 4 is 22.5 Å². The fraction of sp³-hybridized carbons (Fsp3) is 0. The van der Waals surface area contributed by atoms with Crippen LogP contribution in [0.25, 0.3) is 10.9 Å². The Morgan fingerprint density at radius 1 is 1.09 bits per heavy atom. The molecule has 0 saturated carbocycles. The first-order valence-electron chi connectivity index (χ1n) is 6.67. The Labute approximate surface area is 126 Å². The average molecular weight is 288 g/mol. The van der Waals surface area contributed by atoms with Crippen LogP contribution in [0.2, 0.25) is 0 Å². The van der Waals surface area contributed by atoms with Gasteiger partial charge >= 0.3 is 0 Å². The van der Waals surface area contributed by atoms with E-state index in [1.165, 1.54) is 6.20 Å². The van der Waals surface area contributed by atoms with Gasteiger partial charge in [0.2, 0.25) is 5.43 Å². The van der Waals surface area contributed by atoms with Crippen molar-refractivity contribution < 1.29 is 4.79 Å². The molecule has 3 rings (SSSR count). The number of hydrogen-bond acceptors (Lipinski definition) is 2. The van der Waals surface area contributed by atoms with E-state index < -0.39 is 5.91 Å². The lowest BCUT2D eigenvalue weighted by Crippen LogP contribution is -2.21. The zero-order valence-corrected chi connectivity index (χ0v) is 11.6. The summed E-state index contributed by atoms with van der Waals surface area (Å²) in [4.78, 5) is 27.6. The molecule has 22 heavy (non-hydrogen) atoms. The number of amides is 1. The van der Waals surface area contributed by atoms with Gasteiger partial charge in [0.25, 0.3) is 5.91 Å². The summed E-state index contributed by atoms with van der Waals surface area (Å²) >= 11 is 0. The topological polar surface area (TPSA) is 62.0 Å². The van der Waals surface area contributed by atoms with Crippen LogP contribution >= 0.6 is 0 Å². The lowest BCUT2D eigenvalue weighted by molar-refractivity contribution is 0.102. The lowest BCUT2D eigenvalue weighted by Gasteiger charge is -2.06. The molecule has 0 atom stereocenters. The van der Waals surface area contributed by atoms with Crippen LogP contribution in [0, 0.1) is 12.3 Å². The molecule has 4 heteroatoms. The minimum absolute atomic E-state index is 0.0692. The van der Waals surface area contributed by atoms with Gasteiger partial charge in [-0.3, -0.25) is 9.59 Å². The molecule has 4 nitrogen and oxygen atoms in total. The second kappa shape index (κ2) is 5.58. The van der Waals surface area contributed by atoms with Crippen LogP contribution in [0.3, 0.4) is 0 Å². The van der Waals surface area contributed by atoms with E-state index in [9.17, 15) is 9.59 Å². The molecule has 0 saturated heterocycles. The third-order valence-electron chi connectivity index (χ3n) is 3.34. The third kappa shape index (κ3) is 2.48. The van der Waals surface area contributed by atoms with Crippen molar-refractivity contribution in [3.63, 3.8) is 0 Å². The molecule has 0 radical (unpaired) electrons. The first-order valence-corrected chi connectivity index (χ1v) is 6.67. The second-order valence-electron chi connectivity index (χ2n) is 4.75. The molecule has 0 bridgehead atoms. The molecule has 2 aromatic carbocycles. The van der Waals surface area contributed by atoms with Gasteiger partial charge in [-0.1, -0.05) is 18.1 Å². The van der Waals surface area contributed by atoms with Crippen molar-refractivity contribution in [3.8, 4) is 12.3 Å². The van der Waals surface area contributed by atoms with Gasteiger partial charge in [-0.25, -0.2) is 0 Å². The molecule has 1 aromatic heterocycles. The number of pyridine rings is 1. The van der Waals surface area contributed by atoms with Gasteiger partial charge in [-0.15, -0.1) is 6.42 Å². The van der Waals surface area contributed by atoms with Crippen molar-refractivity contribution in [2.24, 2.45) is 0 Å². The molecule has 0 spiro atoms. The Morgan fingerprint density at radius 3 is 2.55 bits per heavy atom. The van der Waals surface area contributed by atoms with E-state index in [0.717, 1.165) is 5.56 Å². The van der Waals surface area contributed by atoms with Crippen LogP contribution in [0.5, 0.6) is 0 Å². The van der Waals surface area contributed by atoms with Crippen LogP contribution in [0.4, 0.5) is 5.69 Å². The van der Waals surface area contributed by atoms with Crippen LogP contribution in [0.15, 0.2) is 59.5 Å². The number of aromatic amines is 1. The molecule has 3 aromatic rings. The smallest absolute Gasteiger partial charge is 0.261 e. The molecule has 0 fully saturated rings. The highest BCUT2D eigenvalue weighted by molar-refractivity contribution is 6.05. The second-order valence-corrected chi connectivity index (χ2v) is 4.75. The average Bonchev–Trinajstić information content (AvgIpc) is 2.56. The van der Waals surface area contributed by atoms with E-state index in [1.54, 1.807) is 42.5 Å². The number of rotatable bonds is 2. The fourth-order valence-corrected chi connectivity index (χ4v) is 2.18. The van der Waals surface area contributed by atoms with Crippen LogP contribution in [-0.4, -0.2) is 10.9 Å². The van der Waals surface area contributed by atoms with E-state index in [1.807, 2.05) is 6.07 Å². The third-order valence-corrected chi connectivity index (χ3v) is 3.34. The quantitative estimate of drug-likeness (QED) is 0.712. The summed E-state index contributed by atoms with van der Waals surface area (Å²) in [6.07, 6.45) is 6.71. The summed E-state index contributed by atoms with van der Waals surface area (Å²) in [7, 11) is 0. The largest absolute Gasteiger partial charge is 0.360 e. The predicted molar refractivity (Wildman–Crippen MR) is 86.9 cm³/mol. The number of para-hydroxylation sites is 1. The van der Waals surface area contributed by atoms with E-state index in [-0.39, 0.29) is 11.0 Å². The normalized spacial score (nSPS) is 10.1. The molecule has 0 aliphatic heterocycles. The molecule has 0 unspecified atom stereocenters. The molecular weight excluding hydrogens is 276 g/mol. The zero-order valence-electron chi connectivity index (χ0n) is 11.6. The monoisotopic (exact) mass is 288 g/mol. The van der Waals surface area contributed by atoms with Crippen LogP contribution in [-0.2, 0) is 0 Å². The first kappa shape index (κ1) is 13.7. The number of anilines is 1. The summed E-state index contributed by atoms with van der Waals surface area (Å²) < 4.78 is 0. The Kier molecular flexibility index (Phi) is 3.47. The Balaban J connectivity index is 1.93. The molecular formula is C18H12N2O2. The van der Waals surface area contributed by atoms with Gasteiger partial charge in [0.05, 0.1) is 0 Å². The maximum Gasteiger partial charge on any atom is 0.261 e. The fourth-order valence-electron chi connectivity index (χ4n) is 2.18. The van der Waals surface area contributed by atoms with E-state index in [0.29, 0.717) is 16.6 Å². The van der Waals surface area contributed by atoms with E-state index >= 15 is 0 Å². The van der Waals surface area contributed by atoms with Gasteiger partial charge in [0.1, 0.15) is 5.56 Å². The van der Waals surface area contributed by atoms with Crippen molar-refractivity contribution in [1.82, 2.24) is 4.98 Å². The van der Waals surface area contributed by atoms with Gasteiger partial charge in [-0.2, -0.15) is 0 Å². The Hall–Kier alpha value is -3.32. The maximum absolute atomic E-state index is 12.4. The van der Waals surface area contributed by atoms with Crippen molar-refractivity contribution in [1.29, 1.82) is 0 Å². The van der Waals surface area contributed by atoms with Gasteiger partial charge in [-0.05, 0) is 36.4 Å². The number of nitrogens with one attached hydrogen (secondary N) is 2. The van der Waals surface area contributed by atoms with E-state index in [4.69, 9.17) is 6.42 Å². The Bertz CT molecular complexity index is 947. The SMILES string of the molecule is C#Cc1ccc(NC(=O)c2c[nH]c3ccccc3c2=O)cc1. The minimum Gasteiger partial charge on any atom is -0.360 e. The zero-order chi connectivity index (χ0) is 15.5. The minimum atomic E-state index is -0.458. The van der Waals surface area contributed by atoms with Gasteiger partial charge in [0, 0.05) is 28.4 Å². The number of hydrogen-bond donors (Lipinski definition) is 2. The molecule has 1 heterocycles. The number of carbonyl (C=O) groups is 1. The van der Waals surface area contributed by atoms with Gasteiger partial charge < -0.3 is 10.3 Å². The number of terminal acetylenes is 1. The number of H-pyrrole nitrogens is 1. The summed E-state index contributed by atoms with van der Waals surface area (Å²) in [5, 5.41) is 3.17. The Morgan fingerprint density at radius 2 is 1.82 bits per heavy atom. The first-order chi connectivity index (χ1) is 10.7. The number of carbonyl (C=O) groups excluding carboxylic acids is 1. The van der Waals surface area contributed by atoms with Gasteiger partial charge in [0.15, 0.2) is 0 Å². The summed E-state index contributed by atoms with van der Waals surface area (Å²) in [6, 6.07) is 13.9. The highest BCUT2D eigenvalue weighted by atomic mass is 16.2. The molecule has 2 N–H and O–H groups in total. The highest BCUT2D eigenvalue weighted by Gasteiger charge is 2.12. The molecule has 0 aliphatic carbocycles. The van der Waals surface area contributed by atoms with Crippen LogP contribution < -0.4 is 10.7 Å². The number of benzene rings is 2. The number of aromatic nitrogens is 1. The number of fused-ring (bicyclic) bond motifs is 1. The lowest BCUT2D eigenvalue weighted by atomic mass is 10.1. The molecule has 1 amide bonds. The predicted octanol–water partition coefficient (Wildman–Crippen LogP) is 2.76. The summed E-state index contributed by atoms with van der Waals surface area (Å²) in [5.74, 6) is 2.04. The summed E-state index contributed by atoms with van der Waals surface area (Å²) in [6.45, 7) is 0. The highest BCUT2D eigenvalue weighted by Crippen LogP contribution is 2.11. The van der Waals surface area contributed by atoms with Crippen molar-refractivity contribution in [2.75, 3.05) is 5.32 Å². The molecule has 106 valence electrons. The maximum atomic E-state index is 12.4. The standard InChI is InChI=1S/C18H12N2O2/c1-2-12-7-9-13(10-8-12)20-18(22)15-11-19-16-6-4-3-5-14(16)17(15)21/h1,3-11H,(H,19,21)(H,20,22). The van der Waals surface area contributed by atoms with Crippen molar-refractivity contribution in [3.05, 3.63) is 76.1 Å². The summed E-state index contributed by atoms with van der Waals surface area (Å²) in [5.41, 5.74) is 1.77. The van der Waals surface area contributed by atoms with Crippen LogP contribution in [0.1, 0.15) is 15.9 Å². The molecule has 0 aliphatic rings. The van der Waals surface area contributed by atoms with Crippen molar-refractivity contribution in [2.45, 2.75) is 0 Å².